The molecule has 3 aliphatic rings. The van der Waals surface area contributed by atoms with Gasteiger partial charge in [0.25, 0.3) is 5.91 Å². The van der Waals surface area contributed by atoms with Crippen molar-refractivity contribution in [1.82, 2.24) is 9.80 Å². The number of nitrogens with zero attached hydrogens (tertiary/aromatic N) is 2. The van der Waals surface area contributed by atoms with Gasteiger partial charge in [-0.25, -0.2) is 0 Å². The Morgan fingerprint density at radius 3 is 2.32 bits per heavy atom. The van der Waals surface area contributed by atoms with Crippen LogP contribution in [-0.2, 0) is 14.3 Å². The molecular formula is C17H28N2O3. The third-order valence-corrected chi connectivity index (χ3v) is 5.30. The summed E-state index contributed by atoms with van der Waals surface area (Å²) in [5.74, 6) is 1.02. The van der Waals surface area contributed by atoms with Gasteiger partial charge in [-0.3, -0.25) is 9.59 Å². The lowest BCUT2D eigenvalue weighted by molar-refractivity contribution is -0.141. The maximum absolute atomic E-state index is 12.4. The summed E-state index contributed by atoms with van der Waals surface area (Å²) >= 11 is 0. The Balaban J connectivity index is 1.48. The predicted octanol–water partition coefficient (Wildman–Crippen LogP) is 1.81. The van der Waals surface area contributed by atoms with Crippen LogP contribution in [0.15, 0.2) is 0 Å². The molecule has 2 saturated heterocycles. The van der Waals surface area contributed by atoms with Gasteiger partial charge in [0.05, 0.1) is 0 Å². The summed E-state index contributed by atoms with van der Waals surface area (Å²) in [7, 11) is 0. The molecule has 3 fully saturated rings. The molecule has 5 heteroatoms. The van der Waals surface area contributed by atoms with E-state index in [9.17, 15) is 9.59 Å². The van der Waals surface area contributed by atoms with E-state index >= 15 is 0 Å². The van der Waals surface area contributed by atoms with Crippen molar-refractivity contribution in [2.45, 2.75) is 57.5 Å². The summed E-state index contributed by atoms with van der Waals surface area (Å²) in [6.07, 6.45) is 8.17. The Kier molecular flexibility index (Phi) is 5.34. The molecule has 0 N–H and O–H groups in total. The van der Waals surface area contributed by atoms with E-state index in [-0.39, 0.29) is 12.0 Å². The molecule has 22 heavy (non-hydrogen) atoms. The van der Waals surface area contributed by atoms with E-state index in [1.54, 1.807) is 0 Å². The normalized spacial score (nSPS) is 27.2. The molecule has 2 amide bonds. The molecule has 1 unspecified atom stereocenters. The van der Waals surface area contributed by atoms with Crippen LogP contribution >= 0.6 is 0 Å². The second-order valence-electron chi connectivity index (χ2n) is 6.92. The van der Waals surface area contributed by atoms with E-state index in [0.717, 1.165) is 32.4 Å². The Labute approximate surface area is 133 Å². The molecule has 1 atom stereocenters. The van der Waals surface area contributed by atoms with Gasteiger partial charge in [-0.15, -0.1) is 0 Å². The van der Waals surface area contributed by atoms with Gasteiger partial charge in [0, 0.05) is 39.2 Å². The molecule has 0 aromatic heterocycles. The van der Waals surface area contributed by atoms with E-state index < -0.39 is 0 Å². The highest BCUT2D eigenvalue weighted by Gasteiger charge is 2.30. The first-order chi connectivity index (χ1) is 10.7. The second-order valence-corrected chi connectivity index (χ2v) is 6.92. The molecule has 3 rings (SSSR count). The number of hydrogen-bond acceptors (Lipinski definition) is 3. The highest BCUT2D eigenvalue weighted by atomic mass is 16.5. The first kappa shape index (κ1) is 15.8. The van der Waals surface area contributed by atoms with Gasteiger partial charge >= 0.3 is 0 Å². The van der Waals surface area contributed by atoms with Gasteiger partial charge in [-0.1, -0.05) is 12.8 Å². The average molecular weight is 308 g/mol. The van der Waals surface area contributed by atoms with Gasteiger partial charge in [-0.05, 0) is 38.0 Å². The first-order valence-electron chi connectivity index (χ1n) is 8.92. The predicted molar refractivity (Wildman–Crippen MR) is 83.3 cm³/mol. The van der Waals surface area contributed by atoms with Crippen molar-refractivity contribution in [1.29, 1.82) is 0 Å². The van der Waals surface area contributed by atoms with Crippen LogP contribution in [0, 0.1) is 5.92 Å². The molecule has 0 aromatic rings. The Morgan fingerprint density at radius 1 is 0.864 bits per heavy atom. The first-order valence-corrected chi connectivity index (χ1v) is 8.92. The minimum absolute atomic E-state index is 0.127. The summed E-state index contributed by atoms with van der Waals surface area (Å²) in [5.41, 5.74) is 0. The minimum atomic E-state index is -0.235. The van der Waals surface area contributed by atoms with Gasteiger partial charge in [-0.2, -0.15) is 0 Å². The molecule has 0 radical (unpaired) electrons. The van der Waals surface area contributed by atoms with Crippen molar-refractivity contribution in [3.05, 3.63) is 0 Å². The van der Waals surface area contributed by atoms with Crippen molar-refractivity contribution in [3.63, 3.8) is 0 Å². The highest BCUT2D eigenvalue weighted by Crippen LogP contribution is 2.28. The molecule has 0 bridgehead atoms. The van der Waals surface area contributed by atoms with Crippen LogP contribution in [0.1, 0.15) is 51.4 Å². The lowest BCUT2D eigenvalue weighted by Crippen LogP contribution is -2.42. The average Bonchev–Trinajstić information content (AvgIpc) is 3.16. The smallest absolute Gasteiger partial charge is 0.251 e. The quantitative estimate of drug-likeness (QED) is 0.799. The number of amides is 2. The zero-order valence-electron chi connectivity index (χ0n) is 13.5. The minimum Gasteiger partial charge on any atom is -0.368 e. The standard InChI is InChI=1S/C17H28N2O3/c20-16(13-14-5-1-2-6-14)18-8-4-9-19(11-10-18)17(21)15-7-3-12-22-15/h14-15H,1-13H2. The fourth-order valence-electron chi connectivity index (χ4n) is 3.95. The number of carbonyl (C=O) groups is 2. The largest absolute Gasteiger partial charge is 0.368 e. The van der Waals surface area contributed by atoms with Crippen molar-refractivity contribution in [2.24, 2.45) is 5.92 Å². The molecule has 0 spiro atoms. The maximum Gasteiger partial charge on any atom is 0.251 e. The SMILES string of the molecule is O=C(CC1CCCC1)N1CCCN(C(=O)C2CCCO2)CC1. The van der Waals surface area contributed by atoms with Gasteiger partial charge in [0.1, 0.15) is 6.10 Å². The van der Waals surface area contributed by atoms with Gasteiger partial charge in [0.2, 0.25) is 5.91 Å². The van der Waals surface area contributed by atoms with Crippen LogP contribution in [0.2, 0.25) is 0 Å². The summed E-state index contributed by atoms with van der Waals surface area (Å²) in [6, 6.07) is 0. The summed E-state index contributed by atoms with van der Waals surface area (Å²) < 4.78 is 5.50. The van der Waals surface area contributed by atoms with Crippen LogP contribution in [0.5, 0.6) is 0 Å². The number of ether oxygens (including phenoxy) is 1. The Hall–Kier alpha value is -1.10. The van der Waals surface area contributed by atoms with Crippen molar-refractivity contribution >= 4 is 11.8 Å². The van der Waals surface area contributed by atoms with Crippen LogP contribution in [0.3, 0.4) is 0 Å². The lowest BCUT2D eigenvalue weighted by Gasteiger charge is -2.24. The molecule has 124 valence electrons. The lowest BCUT2D eigenvalue weighted by atomic mass is 10.0. The molecule has 0 aromatic carbocycles. The molecule has 2 aliphatic heterocycles. The topological polar surface area (TPSA) is 49.9 Å². The van der Waals surface area contributed by atoms with E-state index in [1.807, 2.05) is 9.80 Å². The number of rotatable bonds is 3. The van der Waals surface area contributed by atoms with E-state index in [2.05, 4.69) is 0 Å². The number of hydrogen-bond donors (Lipinski definition) is 0. The molecular weight excluding hydrogens is 280 g/mol. The number of carbonyl (C=O) groups excluding carboxylic acids is 2. The fraction of sp³-hybridized carbons (Fsp3) is 0.882. The zero-order valence-corrected chi connectivity index (χ0v) is 13.5. The van der Waals surface area contributed by atoms with Crippen LogP contribution in [0.25, 0.3) is 0 Å². The third-order valence-electron chi connectivity index (χ3n) is 5.30. The van der Waals surface area contributed by atoms with E-state index in [1.165, 1.54) is 25.7 Å². The van der Waals surface area contributed by atoms with Crippen LogP contribution in [0.4, 0.5) is 0 Å². The van der Waals surface area contributed by atoms with Gasteiger partial charge in [0.15, 0.2) is 0 Å². The molecule has 2 heterocycles. The Bertz CT molecular complexity index is 401. The van der Waals surface area contributed by atoms with E-state index in [4.69, 9.17) is 4.74 Å². The second kappa shape index (κ2) is 7.44. The molecule has 1 saturated carbocycles. The van der Waals surface area contributed by atoms with E-state index in [0.29, 0.717) is 37.9 Å². The van der Waals surface area contributed by atoms with Crippen molar-refractivity contribution < 1.29 is 14.3 Å². The zero-order chi connectivity index (χ0) is 15.4. The highest BCUT2D eigenvalue weighted by molar-refractivity contribution is 5.81. The molecule has 1 aliphatic carbocycles. The fourth-order valence-corrected chi connectivity index (χ4v) is 3.95. The Morgan fingerprint density at radius 2 is 1.59 bits per heavy atom. The summed E-state index contributed by atoms with van der Waals surface area (Å²) in [5, 5.41) is 0. The summed E-state index contributed by atoms with van der Waals surface area (Å²) in [6.45, 7) is 3.60. The van der Waals surface area contributed by atoms with Crippen LogP contribution in [-0.4, -0.2) is 60.5 Å². The van der Waals surface area contributed by atoms with Crippen LogP contribution < -0.4 is 0 Å². The maximum atomic E-state index is 12.4. The monoisotopic (exact) mass is 308 g/mol. The van der Waals surface area contributed by atoms with Gasteiger partial charge < -0.3 is 14.5 Å². The summed E-state index contributed by atoms with van der Waals surface area (Å²) in [4.78, 5) is 28.7. The third kappa shape index (κ3) is 3.80. The van der Waals surface area contributed by atoms with Crippen molar-refractivity contribution in [2.75, 3.05) is 32.8 Å². The molecule has 5 nitrogen and oxygen atoms in total. The van der Waals surface area contributed by atoms with Crippen molar-refractivity contribution in [3.8, 4) is 0 Å².